The average Bonchev–Trinajstić information content (AvgIpc) is 2.43. The molecule has 0 saturated carbocycles. The second kappa shape index (κ2) is 7.31. The van der Waals surface area contributed by atoms with Crippen LogP contribution in [0.2, 0.25) is 0 Å². The summed E-state index contributed by atoms with van der Waals surface area (Å²) in [6.07, 6.45) is -7.58. The minimum Gasteiger partial charge on any atom is -0.385 e. The summed E-state index contributed by atoms with van der Waals surface area (Å²) in [6.45, 7) is 3.21. The van der Waals surface area contributed by atoms with E-state index < -0.39 is 38.9 Å². The molecule has 0 aliphatic heterocycles. The smallest absolute Gasteiger partial charge is 0.385 e. The molecule has 1 aromatic carbocycles. The van der Waals surface area contributed by atoms with Crippen LogP contribution in [0.3, 0.4) is 0 Å². The van der Waals surface area contributed by atoms with Crippen LogP contribution in [0.1, 0.15) is 25.3 Å². The quantitative estimate of drug-likeness (QED) is 0.481. The summed E-state index contributed by atoms with van der Waals surface area (Å²) in [6, 6.07) is 5.03. The molecule has 0 heterocycles. The van der Waals surface area contributed by atoms with Crippen molar-refractivity contribution < 1.29 is 35.3 Å². The van der Waals surface area contributed by atoms with Crippen molar-refractivity contribution in [2.24, 2.45) is 0 Å². The highest BCUT2D eigenvalue weighted by atomic mass is 32.2. The zero-order valence-electron chi connectivity index (χ0n) is 12.4. The second-order valence-electron chi connectivity index (χ2n) is 4.83. The van der Waals surface area contributed by atoms with Crippen LogP contribution in [0.15, 0.2) is 40.7 Å². The molecule has 0 bridgehead atoms. The van der Waals surface area contributed by atoms with Crippen molar-refractivity contribution in [2.75, 3.05) is 0 Å². The minimum atomic E-state index is -5.47. The summed E-state index contributed by atoms with van der Waals surface area (Å²) in [5.41, 5.74) is 0.715. The Kier molecular flexibility index (Phi) is 6.18. The van der Waals surface area contributed by atoms with Gasteiger partial charge in [-0.15, -0.1) is 0 Å². The van der Waals surface area contributed by atoms with Gasteiger partial charge in [0.1, 0.15) is 11.0 Å². The molecule has 0 aromatic heterocycles. The first-order valence-corrected chi connectivity index (χ1v) is 8.06. The highest BCUT2D eigenvalue weighted by molar-refractivity contribution is 7.86. The minimum absolute atomic E-state index is 0.198. The number of allylic oxidation sites excluding steroid dienone is 1. The zero-order valence-corrected chi connectivity index (χ0v) is 13.2. The molecular formula is C14H16F4O4S. The predicted octanol–water partition coefficient (Wildman–Crippen LogP) is 3.60. The summed E-state index contributed by atoms with van der Waals surface area (Å²) in [7, 11) is -4.70. The van der Waals surface area contributed by atoms with Crippen LogP contribution in [0.25, 0.3) is 0 Å². The van der Waals surface area contributed by atoms with Crippen LogP contribution in [0, 0.1) is 6.92 Å². The number of rotatable bonds is 6. The molecule has 1 aromatic rings. The number of hydrogen-bond donors (Lipinski definition) is 1. The first-order valence-electron chi connectivity index (χ1n) is 6.65. The zero-order chi connectivity index (χ0) is 17.8. The van der Waals surface area contributed by atoms with E-state index in [0.717, 1.165) is 12.1 Å². The molecule has 1 N–H and O–H groups in total. The Morgan fingerprint density at radius 3 is 2.22 bits per heavy atom. The molecule has 1 atom stereocenters. The van der Waals surface area contributed by atoms with Crippen molar-refractivity contribution in [1.82, 2.24) is 0 Å². The highest BCUT2D eigenvalue weighted by Crippen LogP contribution is 2.33. The number of benzene rings is 1. The van der Waals surface area contributed by atoms with E-state index >= 15 is 0 Å². The number of alkyl halides is 3. The Labute approximate surface area is 131 Å². The Balaban J connectivity index is 3.27. The first-order chi connectivity index (χ1) is 10.5. The molecule has 0 spiro atoms. The fraction of sp³-hybridized carbons (Fsp3) is 0.429. The van der Waals surface area contributed by atoms with Crippen molar-refractivity contribution in [3.63, 3.8) is 0 Å². The lowest BCUT2D eigenvalue weighted by atomic mass is 10.1. The molecule has 0 fully saturated rings. The molecule has 0 aliphatic carbocycles. The molecule has 23 heavy (non-hydrogen) atoms. The number of halogens is 4. The SMILES string of the molecule is CCCC(O)/C(OS(=O)(=O)c1ccc(C)cc1)=C(\F)C(F)(F)F. The van der Waals surface area contributed by atoms with E-state index in [9.17, 15) is 31.1 Å². The number of aliphatic hydroxyl groups is 1. The maximum atomic E-state index is 13.5. The lowest BCUT2D eigenvalue weighted by molar-refractivity contribution is -0.113. The van der Waals surface area contributed by atoms with Crippen molar-refractivity contribution >= 4 is 10.1 Å². The van der Waals surface area contributed by atoms with Crippen molar-refractivity contribution in [3.05, 3.63) is 41.4 Å². The molecule has 0 radical (unpaired) electrons. The van der Waals surface area contributed by atoms with Gasteiger partial charge in [-0.25, -0.2) is 0 Å². The van der Waals surface area contributed by atoms with Gasteiger partial charge in [-0.1, -0.05) is 31.0 Å². The molecule has 0 saturated heterocycles. The van der Waals surface area contributed by atoms with E-state index in [1.807, 2.05) is 0 Å². The molecule has 4 nitrogen and oxygen atoms in total. The van der Waals surface area contributed by atoms with Crippen LogP contribution in [-0.2, 0) is 14.3 Å². The van der Waals surface area contributed by atoms with Gasteiger partial charge in [0.15, 0.2) is 5.76 Å². The lowest BCUT2D eigenvalue weighted by Gasteiger charge is -2.17. The van der Waals surface area contributed by atoms with Gasteiger partial charge in [-0.2, -0.15) is 26.0 Å². The van der Waals surface area contributed by atoms with Crippen LogP contribution < -0.4 is 0 Å². The summed E-state index contributed by atoms with van der Waals surface area (Å²) in [4.78, 5) is -0.445. The molecular weight excluding hydrogens is 340 g/mol. The highest BCUT2D eigenvalue weighted by Gasteiger charge is 2.41. The molecule has 130 valence electrons. The van der Waals surface area contributed by atoms with Gasteiger partial charge >= 0.3 is 16.3 Å². The summed E-state index contributed by atoms with van der Waals surface area (Å²) < 4.78 is 79.3. The maximum absolute atomic E-state index is 13.5. The molecule has 0 amide bonds. The van der Waals surface area contributed by atoms with Gasteiger partial charge in [0.2, 0.25) is 5.83 Å². The molecule has 1 rings (SSSR count). The number of aliphatic hydroxyl groups excluding tert-OH is 1. The van der Waals surface area contributed by atoms with Crippen molar-refractivity contribution in [3.8, 4) is 0 Å². The first kappa shape index (κ1) is 19.4. The third-order valence-electron chi connectivity index (χ3n) is 2.84. The fourth-order valence-electron chi connectivity index (χ4n) is 1.65. The largest absolute Gasteiger partial charge is 0.446 e. The summed E-state index contributed by atoms with van der Waals surface area (Å²) >= 11 is 0. The van der Waals surface area contributed by atoms with Crippen LogP contribution in [0.4, 0.5) is 17.6 Å². The second-order valence-corrected chi connectivity index (χ2v) is 6.38. The van der Waals surface area contributed by atoms with Gasteiger partial charge in [0.25, 0.3) is 0 Å². The van der Waals surface area contributed by atoms with E-state index in [-0.39, 0.29) is 12.8 Å². The van der Waals surface area contributed by atoms with Gasteiger partial charge in [-0.3, -0.25) is 0 Å². The van der Waals surface area contributed by atoms with E-state index in [0.29, 0.717) is 5.56 Å². The topological polar surface area (TPSA) is 63.6 Å². The third-order valence-corrected chi connectivity index (χ3v) is 4.09. The Hall–Kier alpha value is -1.61. The number of hydrogen-bond acceptors (Lipinski definition) is 4. The molecule has 0 aliphatic rings. The Morgan fingerprint density at radius 1 is 1.26 bits per heavy atom. The average molecular weight is 356 g/mol. The summed E-state index contributed by atoms with van der Waals surface area (Å²) in [5.74, 6) is -4.42. The Bertz CT molecular complexity index is 663. The van der Waals surface area contributed by atoms with E-state index in [1.165, 1.54) is 19.1 Å². The number of aryl methyl sites for hydroxylation is 1. The third kappa shape index (κ3) is 5.21. The van der Waals surface area contributed by atoms with Crippen molar-refractivity contribution in [2.45, 2.75) is 43.9 Å². The fourth-order valence-corrected chi connectivity index (χ4v) is 2.64. The maximum Gasteiger partial charge on any atom is 0.446 e. The van der Waals surface area contributed by atoms with Gasteiger partial charge in [0.05, 0.1) is 0 Å². The van der Waals surface area contributed by atoms with Crippen molar-refractivity contribution in [1.29, 1.82) is 0 Å². The lowest BCUT2D eigenvalue weighted by Crippen LogP contribution is -2.23. The van der Waals surface area contributed by atoms with Crippen LogP contribution in [0.5, 0.6) is 0 Å². The van der Waals surface area contributed by atoms with Gasteiger partial charge < -0.3 is 9.29 Å². The van der Waals surface area contributed by atoms with E-state index in [1.54, 1.807) is 6.92 Å². The van der Waals surface area contributed by atoms with E-state index in [4.69, 9.17) is 0 Å². The van der Waals surface area contributed by atoms with Gasteiger partial charge in [-0.05, 0) is 25.5 Å². The molecule has 1 unspecified atom stereocenters. The monoisotopic (exact) mass is 356 g/mol. The Morgan fingerprint density at radius 2 is 1.78 bits per heavy atom. The van der Waals surface area contributed by atoms with Crippen LogP contribution >= 0.6 is 0 Å². The summed E-state index contributed by atoms with van der Waals surface area (Å²) in [5, 5.41) is 9.61. The predicted molar refractivity (Wildman–Crippen MR) is 74.6 cm³/mol. The van der Waals surface area contributed by atoms with Crippen LogP contribution in [-0.4, -0.2) is 25.8 Å². The molecule has 9 heteroatoms. The normalized spacial score (nSPS) is 15.1. The standard InChI is InChI=1S/C14H16F4O4S/c1-3-4-11(19)12(13(15)14(16,17)18)22-23(20,21)10-7-5-9(2)6-8-10/h5-8,11,19H,3-4H2,1-2H3/b13-12+. The van der Waals surface area contributed by atoms with E-state index in [2.05, 4.69) is 4.18 Å². The van der Waals surface area contributed by atoms with Gasteiger partial charge in [0, 0.05) is 0 Å².